The normalized spacial score (nSPS) is 10.6. The quantitative estimate of drug-likeness (QED) is 0.911. The van der Waals surface area contributed by atoms with Crippen LogP contribution in [0.4, 0.5) is 8.78 Å². The Morgan fingerprint density at radius 1 is 1.44 bits per heavy atom. The number of carbonyl (C=O) groups is 1. The van der Waals surface area contributed by atoms with Crippen molar-refractivity contribution in [1.29, 1.82) is 0 Å². The minimum absolute atomic E-state index is 0.0708. The molecule has 0 aliphatic rings. The van der Waals surface area contributed by atoms with Crippen molar-refractivity contribution in [3.63, 3.8) is 0 Å². The van der Waals surface area contributed by atoms with Gasteiger partial charge in [0, 0.05) is 22.9 Å². The molecule has 0 spiro atoms. The maximum Gasteiger partial charge on any atom is 0.325 e. The molecule has 0 fully saturated rings. The van der Waals surface area contributed by atoms with Gasteiger partial charge in [0.05, 0.1) is 6.20 Å². The summed E-state index contributed by atoms with van der Waals surface area (Å²) in [5, 5.41) is 12.4. The number of aliphatic carboxylic acids is 1. The predicted molar refractivity (Wildman–Crippen MR) is 60.0 cm³/mol. The minimum atomic E-state index is -1.04. The summed E-state index contributed by atoms with van der Waals surface area (Å²) >= 11 is 0. The van der Waals surface area contributed by atoms with Gasteiger partial charge in [-0.1, -0.05) is 0 Å². The third-order valence-electron chi connectivity index (χ3n) is 2.56. The van der Waals surface area contributed by atoms with Crippen molar-refractivity contribution >= 4 is 5.97 Å². The second-order valence-corrected chi connectivity index (χ2v) is 3.85. The van der Waals surface area contributed by atoms with Crippen molar-refractivity contribution in [2.24, 2.45) is 0 Å². The zero-order chi connectivity index (χ0) is 13.3. The first-order valence-corrected chi connectivity index (χ1v) is 5.18. The number of benzene rings is 1. The van der Waals surface area contributed by atoms with Crippen LogP contribution in [0.15, 0.2) is 24.5 Å². The molecule has 1 aromatic carbocycles. The fourth-order valence-electron chi connectivity index (χ4n) is 1.61. The van der Waals surface area contributed by atoms with Crippen LogP contribution in [0, 0.1) is 18.6 Å². The van der Waals surface area contributed by atoms with Gasteiger partial charge in [0.1, 0.15) is 18.2 Å². The zero-order valence-electron chi connectivity index (χ0n) is 9.52. The Morgan fingerprint density at radius 3 is 2.83 bits per heavy atom. The second-order valence-electron chi connectivity index (χ2n) is 3.85. The molecule has 2 aromatic rings. The minimum Gasteiger partial charge on any atom is -0.480 e. The topological polar surface area (TPSA) is 55.1 Å². The molecule has 94 valence electrons. The molecule has 1 heterocycles. The number of carboxylic acid groups (broad SMARTS) is 1. The van der Waals surface area contributed by atoms with Crippen LogP contribution in [0.1, 0.15) is 5.56 Å². The maximum atomic E-state index is 13.8. The molecule has 6 heteroatoms. The summed E-state index contributed by atoms with van der Waals surface area (Å²) < 4.78 is 28.1. The molecule has 0 unspecified atom stereocenters. The first-order chi connectivity index (χ1) is 8.49. The highest BCUT2D eigenvalue weighted by Gasteiger charge is 2.13. The SMILES string of the molecule is Cc1c(F)ccc(-c2cnn(CC(=O)O)c2)c1F. The zero-order valence-corrected chi connectivity index (χ0v) is 9.52. The third-order valence-corrected chi connectivity index (χ3v) is 2.56. The summed E-state index contributed by atoms with van der Waals surface area (Å²) in [6, 6.07) is 2.47. The van der Waals surface area contributed by atoms with Crippen molar-refractivity contribution in [1.82, 2.24) is 9.78 Å². The lowest BCUT2D eigenvalue weighted by Crippen LogP contribution is -2.08. The molecule has 0 saturated heterocycles. The van der Waals surface area contributed by atoms with Gasteiger partial charge in [-0.3, -0.25) is 9.48 Å². The lowest BCUT2D eigenvalue weighted by Gasteiger charge is -2.04. The van der Waals surface area contributed by atoms with Crippen LogP contribution < -0.4 is 0 Å². The molecule has 0 atom stereocenters. The Balaban J connectivity index is 2.40. The van der Waals surface area contributed by atoms with E-state index in [1.54, 1.807) is 0 Å². The Kier molecular flexibility index (Phi) is 3.10. The maximum absolute atomic E-state index is 13.8. The number of hydrogen-bond acceptors (Lipinski definition) is 2. The molecule has 1 aromatic heterocycles. The van der Waals surface area contributed by atoms with Crippen LogP contribution in [-0.2, 0) is 11.3 Å². The van der Waals surface area contributed by atoms with E-state index in [9.17, 15) is 13.6 Å². The monoisotopic (exact) mass is 252 g/mol. The molecule has 0 aliphatic heterocycles. The van der Waals surface area contributed by atoms with Crippen LogP contribution in [0.2, 0.25) is 0 Å². The van der Waals surface area contributed by atoms with Gasteiger partial charge < -0.3 is 5.11 Å². The summed E-state index contributed by atoms with van der Waals surface area (Å²) in [4.78, 5) is 10.5. The van der Waals surface area contributed by atoms with Crippen molar-refractivity contribution in [3.05, 3.63) is 41.7 Å². The fourth-order valence-corrected chi connectivity index (χ4v) is 1.61. The molecule has 0 bridgehead atoms. The van der Waals surface area contributed by atoms with Gasteiger partial charge in [0.2, 0.25) is 0 Å². The van der Waals surface area contributed by atoms with Crippen LogP contribution in [-0.4, -0.2) is 20.9 Å². The lowest BCUT2D eigenvalue weighted by molar-refractivity contribution is -0.137. The number of nitrogens with zero attached hydrogens (tertiary/aromatic N) is 2. The van der Waals surface area contributed by atoms with E-state index in [1.165, 1.54) is 36.1 Å². The van der Waals surface area contributed by atoms with Crippen molar-refractivity contribution in [2.75, 3.05) is 0 Å². The highest BCUT2D eigenvalue weighted by molar-refractivity contribution is 5.67. The summed E-state index contributed by atoms with van der Waals surface area (Å²) in [7, 11) is 0. The van der Waals surface area contributed by atoms with Crippen LogP contribution in [0.3, 0.4) is 0 Å². The summed E-state index contributed by atoms with van der Waals surface area (Å²) in [6.45, 7) is 1.04. The number of halogens is 2. The number of rotatable bonds is 3. The van der Waals surface area contributed by atoms with Gasteiger partial charge in [-0.15, -0.1) is 0 Å². The molecule has 2 rings (SSSR count). The number of aromatic nitrogens is 2. The number of hydrogen-bond donors (Lipinski definition) is 1. The molecule has 1 N–H and O–H groups in total. The van der Waals surface area contributed by atoms with E-state index in [0.29, 0.717) is 5.56 Å². The van der Waals surface area contributed by atoms with E-state index in [2.05, 4.69) is 5.10 Å². The van der Waals surface area contributed by atoms with Crippen molar-refractivity contribution in [2.45, 2.75) is 13.5 Å². The second kappa shape index (κ2) is 4.56. The molecular weight excluding hydrogens is 242 g/mol. The van der Waals surface area contributed by atoms with Gasteiger partial charge in [-0.05, 0) is 19.1 Å². The molecule has 0 radical (unpaired) electrons. The molecule has 4 nitrogen and oxygen atoms in total. The summed E-state index contributed by atoms with van der Waals surface area (Å²) in [5.41, 5.74) is 0.542. The van der Waals surface area contributed by atoms with Crippen molar-refractivity contribution in [3.8, 4) is 11.1 Å². The molecule has 18 heavy (non-hydrogen) atoms. The van der Waals surface area contributed by atoms with Crippen molar-refractivity contribution < 1.29 is 18.7 Å². The Morgan fingerprint density at radius 2 is 2.17 bits per heavy atom. The highest BCUT2D eigenvalue weighted by atomic mass is 19.1. The third kappa shape index (κ3) is 2.22. The molecule has 0 saturated carbocycles. The Labute approximate surface area is 101 Å². The van der Waals surface area contributed by atoms with E-state index in [0.717, 1.165) is 0 Å². The van der Waals surface area contributed by atoms with E-state index in [1.807, 2.05) is 0 Å². The van der Waals surface area contributed by atoms with Gasteiger partial charge in [0.15, 0.2) is 0 Å². The first kappa shape index (κ1) is 12.2. The molecule has 0 aliphatic carbocycles. The fraction of sp³-hybridized carbons (Fsp3) is 0.167. The van der Waals surface area contributed by atoms with E-state index in [-0.39, 0.29) is 17.7 Å². The Bertz CT molecular complexity index is 608. The van der Waals surface area contributed by atoms with E-state index < -0.39 is 17.6 Å². The van der Waals surface area contributed by atoms with Crippen LogP contribution in [0.5, 0.6) is 0 Å². The predicted octanol–water partition coefficient (Wildman–Crippen LogP) is 2.22. The highest BCUT2D eigenvalue weighted by Crippen LogP contribution is 2.25. The summed E-state index contributed by atoms with van der Waals surface area (Å²) in [6.07, 6.45) is 2.75. The number of carboxylic acids is 1. The van der Waals surface area contributed by atoms with Crippen LogP contribution in [0.25, 0.3) is 11.1 Å². The lowest BCUT2D eigenvalue weighted by atomic mass is 10.1. The smallest absolute Gasteiger partial charge is 0.325 e. The van der Waals surface area contributed by atoms with Gasteiger partial charge >= 0.3 is 5.97 Å². The summed E-state index contributed by atoms with van der Waals surface area (Å²) in [5.74, 6) is -2.32. The standard InChI is InChI=1S/C12H10F2N2O2/c1-7-10(13)3-2-9(12(7)14)8-4-15-16(5-8)6-11(17)18/h2-5H,6H2,1H3,(H,17,18). The van der Waals surface area contributed by atoms with Gasteiger partial charge in [-0.25, -0.2) is 8.78 Å². The van der Waals surface area contributed by atoms with E-state index >= 15 is 0 Å². The average Bonchev–Trinajstić information content (AvgIpc) is 2.73. The van der Waals surface area contributed by atoms with Crippen LogP contribution >= 0.6 is 0 Å². The molecular formula is C12H10F2N2O2. The van der Waals surface area contributed by atoms with Gasteiger partial charge in [0.25, 0.3) is 0 Å². The van der Waals surface area contributed by atoms with E-state index in [4.69, 9.17) is 5.11 Å². The molecule has 0 amide bonds. The first-order valence-electron chi connectivity index (χ1n) is 5.18. The van der Waals surface area contributed by atoms with Gasteiger partial charge in [-0.2, -0.15) is 5.10 Å². The largest absolute Gasteiger partial charge is 0.480 e. The Hall–Kier alpha value is -2.24. The average molecular weight is 252 g/mol.